The maximum Gasteiger partial charge on any atom is 0.341 e. The van der Waals surface area contributed by atoms with Crippen molar-refractivity contribution >= 4 is 21.4 Å². The molecule has 1 aliphatic carbocycles. The molecule has 0 radical (unpaired) electrons. The fraction of sp³-hybridized carbons (Fsp3) is 0.211. The summed E-state index contributed by atoms with van der Waals surface area (Å²) < 4.78 is 50.7. The molecule has 7 heteroatoms. The van der Waals surface area contributed by atoms with Gasteiger partial charge >= 0.3 is 5.97 Å². The number of rotatable bonds is 5. The van der Waals surface area contributed by atoms with E-state index >= 15 is 0 Å². The van der Waals surface area contributed by atoms with Crippen LogP contribution in [0.2, 0.25) is 0 Å². The number of hydrogen-bond acceptors (Lipinski definition) is 3. The highest BCUT2D eigenvalue weighted by Crippen LogP contribution is 2.27. The quantitative estimate of drug-likeness (QED) is 0.803. The van der Waals surface area contributed by atoms with Gasteiger partial charge in [-0.15, -0.1) is 0 Å². The number of carboxylic acids is 1. The van der Waals surface area contributed by atoms with Crippen molar-refractivity contribution in [3.8, 4) is 0 Å². The molecule has 2 aromatic carbocycles. The summed E-state index contributed by atoms with van der Waals surface area (Å²) >= 11 is 0. The molecule has 0 saturated carbocycles. The van der Waals surface area contributed by atoms with Gasteiger partial charge in [-0.05, 0) is 53.6 Å². The van der Waals surface area contributed by atoms with Gasteiger partial charge in [0, 0.05) is 0 Å². The molecule has 0 atom stereocenters. The molecule has 3 rings (SSSR count). The first-order valence-corrected chi connectivity index (χ1v) is 9.65. The number of sulfone groups is 1. The lowest BCUT2D eigenvalue weighted by molar-refractivity contribution is -0.130. The predicted molar refractivity (Wildman–Crippen MR) is 92.6 cm³/mol. The highest BCUT2D eigenvalue weighted by atomic mass is 32.2. The van der Waals surface area contributed by atoms with Gasteiger partial charge in [0.1, 0.15) is 5.57 Å². The Labute approximate surface area is 149 Å². The van der Waals surface area contributed by atoms with E-state index in [2.05, 4.69) is 0 Å². The molecular formula is C19H16F2O4S. The number of carboxylic acid groups (broad SMARTS) is 1. The second-order valence-corrected chi connectivity index (χ2v) is 8.17. The number of fused-ring (bicyclic) bond motifs is 1. The molecule has 0 amide bonds. The molecule has 1 aliphatic rings. The van der Waals surface area contributed by atoms with Crippen molar-refractivity contribution in [3.63, 3.8) is 0 Å². The van der Waals surface area contributed by atoms with Gasteiger partial charge in [-0.3, -0.25) is 0 Å². The lowest BCUT2D eigenvalue weighted by Gasteiger charge is -2.08. The fourth-order valence-electron chi connectivity index (χ4n) is 3.13. The van der Waals surface area contributed by atoms with E-state index < -0.39 is 27.5 Å². The molecule has 0 unspecified atom stereocenters. The van der Waals surface area contributed by atoms with Gasteiger partial charge in [0.25, 0.3) is 6.08 Å². The van der Waals surface area contributed by atoms with E-state index in [-0.39, 0.29) is 16.2 Å². The lowest BCUT2D eigenvalue weighted by Crippen LogP contribution is -2.06. The van der Waals surface area contributed by atoms with E-state index in [9.17, 15) is 22.0 Å². The highest BCUT2D eigenvalue weighted by molar-refractivity contribution is 7.90. The smallest absolute Gasteiger partial charge is 0.341 e. The molecule has 0 bridgehead atoms. The van der Waals surface area contributed by atoms with E-state index in [1.807, 2.05) is 6.07 Å². The second-order valence-electron chi connectivity index (χ2n) is 6.18. The van der Waals surface area contributed by atoms with Crippen molar-refractivity contribution in [2.24, 2.45) is 0 Å². The van der Waals surface area contributed by atoms with Crippen LogP contribution in [-0.2, 0) is 33.2 Å². The first-order valence-electron chi connectivity index (χ1n) is 8.00. The van der Waals surface area contributed by atoms with Gasteiger partial charge in [0.05, 0.1) is 10.6 Å². The van der Waals surface area contributed by atoms with Gasteiger partial charge in [-0.2, -0.15) is 8.78 Å². The van der Waals surface area contributed by atoms with Crippen molar-refractivity contribution in [1.29, 1.82) is 0 Å². The number of benzene rings is 2. The third-order valence-corrected chi connectivity index (χ3v) is 6.12. The van der Waals surface area contributed by atoms with Crippen molar-refractivity contribution in [1.82, 2.24) is 0 Å². The van der Waals surface area contributed by atoms with Gasteiger partial charge in [-0.1, -0.05) is 30.3 Å². The maximum atomic E-state index is 12.7. The Morgan fingerprint density at radius 3 is 2.27 bits per heavy atom. The van der Waals surface area contributed by atoms with Crippen LogP contribution in [0.15, 0.2) is 53.4 Å². The van der Waals surface area contributed by atoms with Crippen LogP contribution in [-0.4, -0.2) is 19.5 Å². The summed E-state index contributed by atoms with van der Waals surface area (Å²) in [6.07, 6.45) is 0.551. The molecule has 0 aromatic heterocycles. The summed E-state index contributed by atoms with van der Waals surface area (Å²) in [6, 6.07) is 10.2. The normalized spacial score (nSPS) is 13.3. The largest absolute Gasteiger partial charge is 0.477 e. The molecule has 0 fully saturated rings. The fourth-order valence-corrected chi connectivity index (χ4v) is 4.52. The van der Waals surface area contributed by atoms with E-state index in [1.54, 1.807) is 12.1 Å². The topological polar surface area (TPSA) is 71.4 Å². The first-order chi connectivity index (χ1) is 12.3. The zero-order chi connectivity index (χ0) is 18.9. The molecule has 26 heavy (non-hydrogen) atoms. The van der Waals surface area contributed by atoms with Crippen LogP contribution in [0.3, 0.4) is 0 Å². The molecule has 1 N–H and O–H groups in total. The Morgan fingerprint density at radius 2 is 1.65 bits per heavy atom. The number of aliphatic carboxylic acids is 1. The predicted octanol–water partition coefficient (Wildman–Crippen LogP) is 3.84. The van der Waals surface area contributed by atoms with Crippen molar-refractivity contribution in [2.45, 2.75) is 29.9 Å². The average molecular weight is 378 g/mol. The molecule has 0 saturated heterocycles. The third kappa shape index (κ3) is 3.67. The summed E-state index contributed by atoms with van der Waals surface area (Å²) in [6.45, 7) is 0. The summed E-state index contributed by atoms with van der Waals surface area (Å²) in [4.78, 5) is 11.1. The van der Waals surface area contributed by atoms with Crippen LogP contribution in [0.1, 0.15) is 28.7 Å². The van der Waals surface area contributed by atoms with Gasteiger partial charge in [-0.25, -0.2) is 13.2 Å². The van der Waals surface area contributed by atoms with Crippen molar-refractivity contribution in [3.05, 3.63) is 70.8 Å². The first kappa shape index (κ1) is 18.3. The van der Waals surface area contributed by atoms with Crippen LogP contribution < -0.4 is 0 Å². The Balaban J connectivity index is 1.84. The summed E-state index contributed by atoms with van der Waals surface area (Å²) in [5.41, 5.74) is 1.37. The standard InChI is InChI=1S/C19H16F2O4S/c20-18(21)17(19(22)23)14-6-4-12(5-7-14)11-26(24,25)16-9-8-13-2-1-3-15(13)10-16/h4-10H,1-3,11H2,(H,22,23). The van der Waals surface area contributed by atoms with E-state index in [0.29, 0.717) is 5.56 Å². The van der Waals surface area contributed by atoms with E-state index in [0.717, 1.165) is 24.8 Å². The Kier molecular flexibility index (Phi) is 4.91. The second kappa shape index (κ2) is 6.99. The van der Waals surface area contributed by atoms with Crippen LogP contribution in [0.5, 0.6) is 0 Å². The number of hydrogen-bond donors (Lipinski definition) is 1. The minimum Gasteiger partial charge on any atom is -0.477 e. The van der Waals surface area contributed by atoms with Crippen LogP contribution in [0, 0.1) is 0 Å². The SMILES string of the molecule is O=C(O)C(=C(F)F)c1ccc(CS(=O)(=O)c2ccc3c(c2)CCC3)cc1. The minimum atomic E-state index is -3.58. The summed E-state index contributed by atoms with van der Waals surface area (Å²) in [7, 11) is -3.58. The van der Waals surface area contributed by atoms with Crippen molar-refractivity contribution < 1.29 is 27.1 Å². The molecule has 2 aromatic rings. The molecule has 0 heterocycles. The molecular weight excluding hydrogens is 362 g/mol. The molecule has 136 valence electrons. The van der Waals surface area contributed by atoms with Crippen LogP contribution >= 0.6 is 0 Å². The molecule has 4 nitrogen and oxygen atoms in total. The zero-order valence-electron chi connectivity index (χ0n) is 13.7. The van der Waals surface area contributed by atoms with Gasteiger partial charge < -0.3 is 5.11 Å². The molecule has 0 spiro atoms. The Morgan fingerprint density at radius 1 is 1.00 bits per heavy atom. The number of aryl methyl sites for hydroxylation is 2. The molecule has 0 aliphatic heterocycles. The third-order valence-electron chi connectivity index (χ3n) is 4.43. The maximum absolute atomic E-state index is 12.7. The summed E-state index contributed by atoms with van der Waals surface area (Å²) in [5.74, 6) is -2.01. The Hall–Kier alpha value is -2.54. The number of carbonyl (C=O) groups is 1. The number of halogens is 2. The lowest BCUT2D eigenvalue weighted by atomic mass is 10.1. The van der Waals surface area contributed by atoms with Crippen molar-refractivity contribution in [2.75, 3.05) is 0 Å². The van der Waals surface area contributed by atoms with E-state index in [4.69, 9.17) is 5.11 Å². The Bertz CT molecular complexity index is 989. The monoisotopic (exact) mass is 378 g/mol. The van der Waals surface area contributed by atoms with Crippen LogP contribution in [0.4, 0.5) is 8.78 Å². The minimum absolute atomic E-state index is 0.170. The van der Waals surface area contributed by atoms with E-state index in [1.165, 1.54) is 29.8 Å². The highest BCUT2D eigenvalue weighted by Gasteiger charge is 2.21. The van der Waals surface area contributed by atoms with Gasteiger partial charge in [0.2, 0.25) is 0 Å². The van der Waals surface area contributed by atoms with Crippen LogP contribution in [0.25, 0.3) is 5.57 Å². The average Bonchev–Trinajstić information content (AvgIpc) is 3.03. The summed E-state index contributed by atoms with van der Waals surface area (Å²) in [5, 5.41) is 8.84. The van der Waals surface area contributed by atoms with Gasteiger partial charge in [0.15, 0.2) is 9.84 Å². The zero-order valence-corrected chi connectivity index (χ0v) is 14.5.